The molecule has 0 saturated carbocycles. The Bertz CT molecular complexity index is 3300. The second-order valence-electron chi connectivity index (χ2n) is 16.2. The quantitative estimate of drug-likeness (QED) is 0.140. The number of pyridine rings is 6. The highest BCUT2D eigenvalue weighted by atomic mass is 14.9. The maximum Gasteiger partial charge on any atom is 0.0717 e. The summed E-state index contributed by atoms with van der Waals surface area (Å²) in [4.78, 5) is 27.5. The molecule has 0 unspecified atom stereocenters. The Kier molecular flexibility index (Phi) is 10.9. The van der Waals surface area contributed by atoms with Crippen molar-refractivity contribution >= 4 is 22.5 Å². The normalized spacial score (nSPS) is 13.3. The Morgan fingerprint density at radius 1 is 0.303 bits per heavy atom. The van der Waals surface area contributed by atoms with E-state index in [0.717, 1.165) is 84.3 Å². The third kappa shape index (κ3) is 8.46. The third-order valence-corrected chi connectivity index (χ3v) is 12.0. The summed E-state index contributed by atoms with van der Waals surface area (Å²) in [6.45, 7) is 1.43. The lowest BCUT2D eigenvalue weighted by molar-refractivity contribution is 0.991. The van der Waals surface area contributed by atoms with Crippen LogP contribution in [-0.4, -0.2) is 43.0 Å². The Morgan fingerprint density at radius 3 is 1.26 bits per heavy atom. The van der Waals surface area contributed by atoms with Crippen molar-refractivity contribution in [3.05, 3.63) is 242 Å². The van der Waals surface area contributed by atoms with Gasteiger partial charge in [-0.05, 0) is 136 Å². The molecule has 0 radical (unpaired) electrons. The average Bonchev–Trinajstić information content (AvgIpc) is 3.42. The Hall–Kier alpha value is -8.88. The summed E-state index contributed by atoms with van der Waals surface area (Å²) in [6, 6.07) is 50.7. The number of hydrogen-bond acceptors (Lipinski definition) is 8. The highest BCUT2D eigenvalue weighted by Gasteiger charge is 2.15. The van der Waals surface area contributed by atoms with Gasteiger partial charge in [-0.1, -0.05) is 78.9 Å². The average molecular weight is 851 g/mol. The first-order valence-electron chi connectivity index (χ1n) is 22.0. The van der Waals surface area contributed by atoms with Crippen LogP contribution in [0.25, 0.3) is 89.7 Å². The van der Waals surface area contributed by atoms with E-state index in [-0.39, 0.29) is 0 Å². The van der Waals surface area contributed by atoms with Crippen molar-refractivity contribution in [2.45, 2.75) is 0 Å². The largest absolute Gasteiger partial charge is 0.380 e. The van der Waals surface area contributed by atoms with Gasteiger partial charge in [-0.15, -0.1) is 0 Å². The number of nitrogens with one attached hydrogen (secondary N) is 2. The van der Waals surface area contributed by atoms with Crippen LogP contribution in [-0.2, 0) is 0 Å². The highest BCUT2D eigenvalue weighted by molar-refractivity contribution is 5.88. The second-order valence-corrected chi connectivity index (χ2v) is 16.2. The minimum Gasteiger partial charge on any atom is -0.380 e. The van der Waals surface area contributed by atoms with Crippen molar-refractivity contribution in [3.8, 4) is 67.2 Å². The van der Waals surface area contributed by atoms with E-state index in [1.807, 2.05) is 73.6 Å². The lowest BCUT2D eigenvalue weighted by Gasteiger charge is -2.20. The summed E-state index contributed by atoms with van der Waals surface area (Å²) >= 11 is 0. The number of allylic oxidation sites excluding steroid dienone is 4. The first kappa shape index (κ1) is 39.9. The van der Waals surface area contributed by atoms with Crippen LogP contribution in [0.1, 0.15) is 22.4 Å². The van der Waals surface area contributed by atoms with Gasteiger partial charge in [0.25, 0.3) is 0 Å². The van der Waals surface area contributed by atoms with E-state index in [4.69, 9.17) is 15.0 Å². The molecule has 0 fully saturated rings. The first-order valence-corrected chi connectivity index (χ1v) is 22.0. The highest BCUT2D eigenvalue weighted by Crippen LogP contribution is 2.36. The minimum absolute atomic E-state index is 0.711. The summed E-state index contributed by atoms with van der Waals surface area (Å²) in [5.41, 5.74) is 21.1. The number of hydrogen-bond donors (Lipinski definition) is 2. The lowest BCUT2D eigenvalue weighted by Crippen LogP contribution is -2.19. The molecule has 3 aromatic carbocycles. The van der Waals surface area contributed by atoms with Crippen LogP contribution >= 0.6 is 0 Å². The molecule has 0 atom stereocenters. The molecule has 314 valence electrons. The van der Waals surface area contributed by atoms with Gasteiger partial charge in [-0.25, -0.2) is 0 Å². The Morgan fingerprint density at radius 2 is 0.742 bits per heavy atom. The fourth-order valence-electron chi connectivity index (χ4n) is 8.44. The zero-order valence-corrected chi connectivity index (χ0v) is 35.9. The van der Waals surface area contributed by atoms with Gasteiger partial charge in [0.1, 0.15) is 0 Å². The standard InChI is InChI=1S/C58H42N8/c1-2-14-52(42-10-4-8-40(30-42)44-16-22-56(62-34-44)48-20-26-58(66-38-48)50-18-24-54(64-36-50)46-12-6-28-60-32-46)51(13-1)41-9-3-7-39(29-41)43-15-21-55(61-33-43)47-19-25-57(65-37-47)49-17-23-53(63-35-49)45-11-5-27-59-31-45/h1-33,35,37-38,62,64H,34,36H2. The molecule has 6 aromatic heterocycles. The molecule has 9 aromatic rings. The van der Waals surface area contributed by atoms with Gasteiger partial charge in [0.2, 0.25) is 0 Å². The van der Waals surface area contributed by atoms with Crippen LogP contribution in [0.5, 0.6) is 0 Å². The summed E-state index contributed by atoms with van der Waals surface area (Å²) in [5, 5.41) is 7.16. The van der Waals surface area contributed by atoms with Crippen LogP contribution in [0.15, 0.2) is 219 Å². The van der Waals surface area contributed by atoms with Crippen LogP contribution in [0.3, 0.4) is 0 Å². The third-order valence-electron chi connectivity index (χ3n) is 12.0. The van der Waals surface area contributed by atoms with E-state index in [1.165, 1.54) is 27.8 Å². The van der Waals surface area contributed by atoms with Gasteiger partial charge in [0.05, 0.1) is 22.8 Å². The number of aromatic nitrogens is 6. The Balaban J connectivity index is 0.773. The van der Waals surface area contributed by atoms with Gasteiger partial charge in [-0.3, -0.25) is 29.9 Å². The molecule has 2 aliphatic rings. The Labute approximate surface area is 383 Å². The lowest BCUT2D eigenvalue weighted by atomic mass is 9.91. The van der Waals surface area contributed by atoms with Crippen LogP contribution in [0, 0.1) is 0 Å². The molecule has 0 aliphatic carbocycles. The van der Waals surface area contributed by atoms with Gasteiger partial charge >= 0.3 is 0 Å². The molecular weight excluding hydrogens is 809 g/mol. The molecule has 2 aliphatic heterocycles. The van der Waals surface area contributed by atoms with E-state index in [1.54, 1.807) is 12.4 Å². The monoisotopic (exact) mass is 850 g/mol. The number of nitrogens with zero attached hydrogens (tertiary/aromatic N) is 6. The van der Waals surface area contributed by atoms with Gasteiger partial charge in [-0.2, -0.15) is 0 Å². The zero-order valence-electron chi connectivity index (χ0n) is 35.9. The molecular formula is C58H42N8. The zero-order chi connectivity index (χ0) is 44.1. The molecule has 8 heterocycles. The van der Waals surface area contributed by atoms with Crippen LogP contribution in [0.2, 0.25) is 0 Å². The summed E-state index contributed by atoms with van der Waals surface area (Å²) in [7, 11) is 0. The fourth-order valence-corrected chi connectivity index (χ4v) is 8.44. The van der Waals surface area contributed by atoms with E-state index >= 15 is 0 Å². The smallest absolute Gasteiger partial charge is 0.0717 e. The molecule has 2 N–H and O–H groups in total. The van der Waals surface area contributed by atoms with E-state index < -0.39 is 0 Å². The van der Waals surface area contributed by atoms with Crippen molar-refractivity contribution in [1.82, 2.24) is 40.5 Å². The summed E-state index contributed by atoms with van der Waals surface area (Å²) in [5.74, 6) is 0. The molecule has 8 heteroatoms. The van der Waals surface area contributed by atoms with Crippen LogP contribution in [0.4, 0.5) is 0 Å². The number of rotatable bonds is 10. The predicted molar refractivity (Wildman–Crippen MR) is 267 cm³/mol. The predicted octanol–water partition coefficient (Wildman–Crippen LogP) is 12.1. The SMILES string of the molecule is C1=C(c2cccc(-c3ccccc3-c3cccc(-c4ccc(-c5ccc(-c6ccc(-c7cccnc7)nc6)nc5)nc4)c3)c2)CNC(c2ccc(C3=CC=C(c4cccnc4)NC3)nc2)=C1. The minimum atomic E-state index is 0.711. The van der Waals surface area contributed by atoms with Crippen molar-refractivity contribution < 1.29 is 0 Å². The number of dihydropyridines is 2. The van der Waals surface area contributed by atoms with Crippen molar-refractivity contribution in [2.75, 3.05) is 13.1 Å². The topological polar surface area (TPSA) is 101 Å². The summed E-state index contributed by atoms with van der Waals surface area (Å²) in [6.07, 6.45) is 23.5. The molecule has 0 saturated heterocycles. The van der Waals surface area contributed by atoms with Crippen molar-refractivity contribution in [3.63, 3.8) is 0 Å². The molecule has 66 heavy (non-hydrogen) atoms. The van der Waals surface area contributed by atoms with E-state index in [2.05, 4.69) is 159 Å². The maximum absolute atomic E-state index is 4.86. The maximum atomic E-state index is 4.86. The van der Waals surface area contributed by atoms with Crippen molar-refractivity contribution in [2.24, 2.45) is 0 Å². The molecule has 0 bridgehead atoms. The molecule has 0 amide bonds. The summed E-state index contributed by atoms with van der Waals surface area (Å²) < 4.78 is 0. The van der Waals surface area contributed by atoms with E-state index in [0.29, 0.717) is 13.1 Å². The molecule has 0 spiro atoms. The molecule has 8 nitrogen and oxygen atoms in total. The van der Waals surface area contributed by atoms with Gasteiger partial charge in [0, 0.05) is 107 Å². The van der Waals surface area contributed by atoms with Crippen LogP contribution < -0.4 is 10.6 Å². The van der Waals surface area contributed by atoms with Crippen molar-refractivity contribution in [1.29, 1.82) is 0 Å². The van der Waals surface area contributed by atoms with Gasteiger partial charge in [0.15, 0.2) is 0 Å². The second kappa shape index (κ2) is 18.1. The fraction of sp³-hybridized carbons (Fsp3) is 0.0345. The van der Waals surface area contributed by atoms with E-state index in [9.17, 15) is 0 Å². The number of benzene rings is 3. The van der Waals surface area contributed by atoms with Gasteiger partial charge < -0.3 is 10.6 Å². The molecule has 11 rings (SSSR count). The first-order chi connectivity index (χ1) is 32.7.